The van der Waals surface area contributed by atoms with E-state index in [0.29, 0.717) is 5.56 Å². The Hall–Kier alpha value is -2.22. The molecule has 0 spiro atoms. The fourth-order valence-electron chi connectivity index (χ4n) is 1.77. The number of carbonyl (C=O) groups excluding carboxylic acids is 1. The van der Waals surface area contributed by atoms with Gasteiger partial charge in [0.05, 0.1) is 0 Å². The molecular formula is C18H15ClN2OS. The minimum absolute atomic E-state index is 0.0443. The molecule has 0 heterocycles. The van der Waals surface area contributed by atoms with Crippen molar-refractivity contribution in [2.24, 2.45) is 0 Å². The van der Waals surface area contributed by atoms with Crippen LogP contribution in [0.2, 0.25) is 0 Å². The van der Waals surface area contributed by atoms with Gasteiger partial charge in [-0.15, -0.1) is 0 Å². The van der Waals surface area contributed by atoms with Gasteiger partial charge in [0.1, 0.15) is 16.1 Å². The quantitative estimate of drug-likeness (QED) is 0.644. The van der Waals surface area contributed by atoms with Crippen LogP contribution in [0.1, 0.15) is 21.5 Å². The molecule has 3 nitrogen and oxygen atoms in total. The molecular weight excluding hydrogens is 328 g/mol. The van der Waals surface area contributed by atoms with E-state index in [0.717, 1.165) is 16.0 Å². The monoisotopic (exact) mass is 342 g/mol. The maximum atomic E-state index is 12.2. The van der Waals surface area contributed by atoms with Crippen LogP contribution in [0.25, 0.3) is 0 Å². The molecule has 116 valence electrons. The zero-order valence-electron chi connectivity index (χ0n) is 12.8. The zero-order valence-corrected chi connectivity index (χ0v) is 14.3. The van der Waals surface area contributed by atoms with Crippen LogP contribution in [0, 0.1) is 25.2 Å². The Kier molecular flexibility index (Phi) is 5.86. The van der Waals surface area contributed by atoms with E-state index in [2.05, 4.69) is 5.32 Å². The summed E-state index contributed by atoms with van der Waals surface area (Å²) in [6.07, 6.45) is 0. The van der Waals surface area contributed by atoms with Crippen molar-refractivity contribution in [3.05, 3.63) is 75.3 Å². The molecule has 0 aliphatic heterocycles. The summed E-state index contributed by atoms with van der Waals surface area (Å²) in [4.78, 5) is 13.1. The van der Waals surface area contributed by atoms with Crippen LogP contribution >= 0.6 is 23.4 Å². The highest BCUT2D eigenvalue weighted by molar-refractivity contribution is 8.04. The second-order valence-electron chi connectivity index (χ2n) is 5.00. The van der Waals surface area contributed by atoms with E-state index < -0.39 is 0 Å². The summed E-state index contributed by atoms with van der Waals surface area (Å²) in [6, 6.07) is 16.8. The number of benzene rings is 2. The standard InChI is InChI=1S/C18H15ClN2OS/c1-12-3-7-14(8-4-12)18(22)21-16(11-20)17(19)23-15-9-5-13(2)6-10-15/h3-10H,1-2H3,(H,21,22). The van der Waals surface area contributed by atoms with E-state index in [1.54, 1.807) is 12.1 Å². The van der Waals surface area contributed by atoms with E-state index >= 15 is 0 Å². The Morgan fingerprint density at radius 2 is 1.57 bits per heavy atom. The van der Waals surface area contributed by atoms with Crippen molar-refractivity contribution >= 4 is 29.3 Å². The number of thioether (sulfide) groups is 1. The molecule has 1 amide bonds. The van der Waals surface area contributed by atoms with Crippen LogP contribution in [0.3, 0.4) is 0 Å². The number of nitriles is 1. The lowest BCUT2D eigenvalue weighted by Crippen LogP contribution is -2.22. The van der Waals surface area contributed by atoms with Gasteiger partial charge < -0.3 is 5.32 Å². The first-order valence-corrected chi connectivity index (χ1v) is 8.11. The van der Waals surface area contributed by atoms with Crippen molar-refractivity contribution in [3.8, 4) is 6.07 Å². The molecule has 0 fully saturated rings. The molecule has 0 aromatic heterocycles. The van der Waals surface area contributed by atoms with Crippen molar-refractivity contribution in [1.82, 2.24) is 5.32 Å². The summed E-state index contributed by atoms with van der Waals surface area (Å²) in [5, 5.41) is 11.8. The third kappa shape index (κ3) is 4.88. The van der Waals surface area contributed by atoms with Gasteiger partial charge in [-0.2, -0.15) is 5.26 Å². The summed E-state index contributed by atoms with van der Waals surface area (Å²) < 4.78 is 0.233. The first kappa shape index (κ1) is 17.1. The third-order valence-corrected chi connectivity index (χ3v) is 4.40. The van der Waals surface area contributed by atoms with E-state index in [4.69, 9.17) is 11.6 Å². The second-order valence-corrected chi connectivity index (χ2v) is 6.68. The Balaban J connectivity index is 2.14. The van der Waals surface area contributed by atoms with E-state index in [9.17, 15) is 10.1 Å². The van der Waals surface area contributed by atoms with Crippen molar-refractivity contribution in [2.45, 2.75) is 18.7 Å². The summed E-state index contributed by atoms with van der Waals surface area (Å²) in [5.41, 5.74) is 2.73. The number of nitrogens with zero attached hydrogens (tertiary/aromatic N) is 1. The van der Waals surface area contributed by atoms with Crippen molar-refractivity contribution in [3.63, 3.8) is 0 Å². The summed E-state index contributed by atoms with van der Waals surface area (Å²) in [6.45, 7) is 3.94. The van der Waals surface area contributed by atoms with Gasteiger partial charge in [0.2, 0.25) is 0 Å². The summed E-state index contributed by atoms with van der Waals surface area (Å²) in [7, 11) is 0. The predicted octanol–water partition coefficient (Wildman–Crippen LogP) is 4.76. The van der Waals surface area contributed by atoms with Gasteiger partial charge in [-0.05, 0) is 38.1 Å². The molecule has 1 N–H and O–H groups in total. The predicted molar refractivity (Wildman–Crippen MR) is 94.2 cm³/mol. The highest BCUT2D eigenvalue weighted by Gasteiger charge is 2.12. The molecule has 0 saturated carbocycles. The number of hydrogen-bond donors (Lipinski definition) is 1. The van der Waals surface area contributed by atoms with E-state index in [-0.39, 0.29) is 16.0 Å². The minimum Gasteiger partial charge on any atom is -0.311 e. The van der Waals surface area contributed by atoms with Gasteiger partial charge in [-0.25, -0.2) is 0 Å². The van der Waals surface area contributed by atoms with Gasteiger partial charge in [0, 0.05) is 10.5 Å². The van der Waals surface area contributed by atoms with Gasteiger partial charge in [-0.3, -0.25) is 4.79 Å². The fraction of sp³-hybridized carbons (Fsp3) is 0.111. The number of carbonyl (C=O) groups is 1. The Morgan fingerprint density at radius 1 is 1.04 bits per heavy atom. The highest BCUT2D eigenvalue weighted by Crippen LogP contribution is 2.31. The lowest BCUT2D eigenvalue weighted by molar-refractivity contribution is 0.0967. The maximum Gasteiger partial charge on any atom is 0.256 e. The Labute approximate surface area is 145 Å². The number of halogens is 1. The SMILES string of the molecule is Cc1ccc(SC(Cl)=C(C#N)NC(=O)c2ccc(C)cc2)cc1. The molecule has 0 aliphatic carbocycles. The van der Waals surface area contributed by atoms with Crippen molar-refractivity contribution in [2.75, 3.05) is 0 Å². The molecule has 0 bridgehead atoms. The lowest BCUT2D eigenvalue weighted by Gasteiger charge is -2.07. The van der Waals surface area contributed by atoms with Crippen LogP contribution in [0.4, 0.5) is 0 Å². The first-order chi connectivity index (χ1) is 11.0. The number of nitrogens with one attached hydrogen (secondary N) is 1. The number of allylic oxidation sites excluding steroid dienone is 1. The Morgan fingerprint density at radius 3 is 2.09 bits per heavy atom. The number of amides is 1. The van der Waals surface area contributed by atoms with Crippen molar-refractivity contribution < 1.29 is 4.79 Å². The molecule has 0 saturated heterocycles. The van der Waals surface area contributed by atoms with Gasteiger partial charge in [-0.1, -0.05) is 58.8 Å². The first-order valence-electron chi connectivity index (χ1n) is 6.92. The van der Waals surface area contributed by atoms with Crippen LogP contribution in [-0.4, -0.2) is 5.91 Å². The molecule has 5 heteroatoms. The van der Waals surface area contributed by atoms with Crippen LogP contribution < -0.4 is 5.32 Å². The smallest absolute Gasteiger partial charge is 0.256 e. The fourth-order valence-corrected chi connectivity index (χ4v) is 2.81. The average molecular weight is 343 g/mol. The normalized spacial score (nSPS) is 11.4. The van der Waals surface area contributed by atoms with Crippen molar-refractivity contribution in [1.29, 1.82) is 5.26 Å². The van der Waals surface area contributed by atoms with Crippen LogP contribution in [0.5, 0.6) is 0 Å². The van der Waals surface area contributed by atoms with Gasteiger partial charge in [0.15, 0.2) is 0 Å². The molecule has 0 radical (unpaired) electrons. The topological polar surface area (TPSA) is 52.9 Å². The van der Waals surface area contributed by atoms with E-state index in [1.807, 2.05) is 56.3 Å². The zero-order chi connectivity index (χ0) is 16.8. The number of aryl methyl sites for hydroxylation is 2. The third-order valence-electron chi connectivity index (χ3n) is 3.09. The van der Waals surface area contributed by atoms with Gasteiger partial charge in [0.25, 0.3) is 5.91 Å². The molecule has 2 aromatic carbocycles. The summed E-state index contributed by atoms with van der Waals surface area (Å²) in [5.74, 6) is -0.357. The summed E-state index contributed by atoms with van der Waals surface area (Å²) >= 11 is 7.42. The molecule has 23 heavy (non-hydrogen) atoms. The highest BCUT2D eigenvalue weighted by atomic mass is 35.5. The van der Waals surface area contributed by atoms with E-state index in [1.165, 1.54) is 11.8 Å². The Bertz CT molecular complexity index is 774. The molecule has 2 aromatic rings. The minimum atomic E-state index is -0.357. The number of hydrogen-bond acceptors (Lipinski definition) is 3. The molecule has 0 unspecified atom stereocenters. The van der Waals surface area contributed by atoms with Crippen LogP contribution in [-0.2, 0) is 0 Å². The maximum absolute atomic E-state index is 12.2. The second kappa shape index (κ2) is 7.87. The molecule has 0 aliphatic rings. The largest absolute Gasteiger partial charge is 0.311 e. The van der Waals surface area contributed by atoms with Gasteiger partial charge >= 0.3 is 0 Å². The van der Waals surface area contributed by atoms with Crippen LogP contribution in [0.15, 0.2) is 63.5 Å². The lowest BCUT2D eigenvalue weighted by atomic mass is 10.1. The average Bonchev–Trinajstić information content (AvgIpc) is 2.55. The molecule has 2 rings (SSSR count). The number of rotatable bonds is 4. The molecule has 0 atom stereocenters.